The molecule has 0 radical (unpaired) electrons. The summed E-state index contributed by atoms with van der Waals surface area (Å²) in [4.78, 5) is 1.25. The summed E-state index contributed by atoms with van der Waals surface area (Å²) in [6.07, 6.45) is 0.971. The molecule has 0 aliphatic carbocycles. The number of nitrogens with one attached hydrogen (secondary N) is 1. The highest BCUT2D eigenvalue weighted by atomic mass is 79.9. The Kier molecular flexibility index (Phi) is 5.10. The van der Waals surface area contributed by atoms with E-state index in [1.165, 1.54) is 4.88 Å². The van der Waals surface area contributed by atoms with Gasteiger partial charge in [-0.2, -0.15) is 0 Å². The number of anilines is 2. The van der Waals surface area contributed by atoms with Crippen LogP contribution in [0.25, 0.3) is 0 Å². The average molecular weight is 341 g/mol. The molecule has 2 aromatic rings. The standard InChI is InChI=1S/C14H17BrN2OS/c1-2-7-18-12-5-3-4-11(14(12)16)17-9-13-10(15)6-8-19-13/h3-6,8,17H,2,7,9,16H2,1H3. The van der Waals surface area contributed by atoms with Crippen LogP contribution >= 0.6 is 27.3 Å². The molecule has 0 fully saturated rings. The Hall–Kier alpha value is -1.20. The van der Waals surface area contributed by atoms with Crippen LogP contribution in [0.2, 0.25) is 0 Å². The van der Waals surface area contributed by atoms with Crippen LogP contribution in [-0.2, 0) is 6.54 Å². The number of ether oxygens (including phenoxy) is 1. The van der Waals surface area contributed by atoms with Gasteiger partial charge in [0.25, 0.3) is 0 Å². The van der Waals surface area contributed by atoms with E-state index in [9.17, 15) is 0 Å². The van der Waals surface area contributed by atoms with E-state index < -0.39 is 0 Å². The van der Waals surface area contributed by atoms with Crippen molar-refractivity contribution in [2.45, 2.75) is 19.9 Å². The predicted octanol–water partition coefficient (Wildman–Crippen LogP) is 4.49. The average Bonchev–Trinajstić information content (AvgIpc) is 2.82. The second kappa shape index (κ2) is 6.82. The van der Waals surface area contributed by atoms with Crippen LogP contribution < -0.4 is 15.8 Å². The lowest BCUT2D eigenvalue weighted by molar-refractivity contribution is 0.319. The van der Waals surface area contributed by atoms with Crippen molar-refractivity contribution in [3.8, 4) is 5.75 Å². The molecule has 0 aliphatic rings. The topological polar surface area (TPSA) is 47.3 Å². The van der Waals surface area contributed by atoms with Gasteiger partial charge in [-0.05, 0) is 45.9 Å². The summed E-state index contributed by atoms with van der Waals surface area (Å²) in [5.41, 5.74) is 7.69. The summed E-state index contributed by atoms with van der Waals surface area (Å²) in [7, 11) is 0. The molecule has 0 saturated heterocycles. The molecule has 1 heterocycles. The Balaban J connectivity index is 2.06. The normalized spacial score (nSPS) is 10.4. The molecule has 0 unspecified atom stereocenters. The largest absolute Gasteiger partial charge is 0.491 e. The number of hydrogen-bond donors (Lipinski definition) is 2. The molecule has 1 aromatic carbocycles. The minimum Gasteiger partial charge on any atom is -0.491 e. The lowest BCUT2D eigenvalue weighted by Gasteiger charge is -2.13. The van der Waals surface area contributed by atoms with Gasteiger partial charge in [0.2, 0.25) is 0 Å². The van der Waals surface area contributed by atoms with E-state index in [1.54, 1.807) is 11.3 Å². The van der Waals surface area contributed by atoms with E-state index in [2.05, 4.69) is 33.6 Å². The number of hydrogen-bond acceptors (Lipinski definition) is 4. The summed E-state index contributed by atoms with van der Waals surface area (Å²) in [5, 5.41) is 5.41. The molecule has 0 atom stereocenters. The third-order valence-corrected chi connectivity index (χ3v) is 4.58. The Morgan fingerprint density at radius 2 is 2.21 bits per heavy atom. The molecule has 5 heteroatoms. The number of thiophene rings is 1. The fourth-order valence-corrected chi connectivity index (χ4v) is 3.09. The van der Waals surface area contributed by atoms with Gasteiger partial charge < -0.3 is 15.8 Å². The predicted molar refractivity (Wildman–Crippen MR) is 86.0 cm³/mol. The maximum atomic E-state index is 6.11. The van der Waals surface area contributed by atoms with E-state index in [1.807, 2.05) is 24.3 Å². The quantitative estimate of drug-likeness (QED) is 0.761. The van der Waals surface area contributed by atoms with Gasteiger partial charge in [-0.1, -0.05) is 13.0 Å². The first-order valence-corrected chi connectivity index (χ1v) is 7.86. The van der Waals surface area contributed by atoms with Crippen LogP contribution in [0, 0.1) is 0 Å². The molecule has 19 heavy (non-hydrogen) atoms. The minimum absolute atomic E-state index is 0.670. The fraction of sp³-hybridized carbons (Fsp3) is 0.286. The number of halogens is 1. The highest BCUT2D eigenvalue weighted by Gasteiger charge is 2.07. The Labute approximate surface area is 125 Å². The van der Waals surface area contributed by atoms with Crippen LogP contribution in [0.5, 0.6) is 5.75 Å². The van der Waals surface area contributed by atoms with Crippen molar-refractivity contribution in [3.63, 3.8) is 0 Å². The van der Waals surface area contributed by atoms with Crippen molar-refractivity contribution in [3.05, 3.63) is 39.0 Å². The van der Waals surface area contributed by atoms with Crippen LogP contribution in [0.15, 0.2) is 34.1 Å². The Morgan fingerprint density at radius 1 is 1.37 bits per heavy atom. The zero-order valence-electron chi connectivity index (χ0n) is 10.8. The summed E-state index contributed by atoms with van der Waals surface area (Å²) in [6.45, 7) is 3.51. The first-order valence-electron chi connectivity index (χ1n) is 6.19. The van der Waals surface area contributed by atoms with E-state index in [0.717, 1.165) is 28.9 Å². The van der Waals surface area contributed by atoms with Crippen molar-refractivity contribution < 1.29 is 4.74 Å². The summed E-state index contributed by atoms with van der Waals surface area (Å²) < 4.78 is 6.74. The maximum Gasteiger partial charge on any atom is 0.144 e. The highest BCUT2D eigenvalue weighted by molar-refractivity contribution is 9.10. The molecule has 0 bridgehead atoms. The molecule has 0 spiro atoms. The Bertz CT molecular complexity index is 542. The molecule has 0 saturated carbocycles. The summed E-state index contributed by atoms with van der Waals surface area (Å²) in [5.74, 6) is 0.747. The van der Waals surface area contributed by atoms with Gasteiger partial charge >= 0.3 is 0 Å². The number of para-hydroxylation sites is 1. The number of nitrogen functional groups attached to an aromatic ring is 1. The van der Waals surface area contributed by atoms with E-state index in [-0.39, 0.29) is 0 Å². The lowest BCUT2D eigenvalue weighted by atomic mass is 10.2. The van der Waals surface area contributed by atoms with Crippen molar-refractivity contribution >= 4 is 38.6 Å². The maximum absolute atomic E-state index is 6.11. The fourth-order valence-electron chi connectivity index (χ4n) is 1.66. The number of benzene rings is 1. The summed E-state index contributed by atoms with van der Waals surface area (Å²) >= 11 is 5.23. The van der Waals surface area contributed by atoms with Crippen molar-refractivity contribution in [1.29, 1.82) is 0 Å². The van der Waals surface area contributed by atoms with E-state index >= 15 is 0 Å². The van der Waals surface area contributed by atoms with Gasteiger partial charge in [-0.25, -0.2) is 0 Å². The van der Waals surface area contributed by atoms with Crippen LogP contribution in [0.1, 0.15) is 18.2 Å². The minimum atomic E-state index is 0.670. The molecule has 0 amide bonds. The zero-order valence-corrected chi connectivity index (χ0v) is 13.2. The molecule has 3 N–H and O–H groups in total. The second-order valence-electron chi connectivity index (χ2n) is 4.11. The smallest absolute Gasteiger partial charge is 0.144 e. The van der Waals surface area contributed by atoms with Crippen molar-refractivity contribution in [2.75, 3.05) is 17.7 Å². The number of nitrogens with two attached hydrogens (primary N) is 1. The summed E-state index contributed by atoms with van der Waals surface area (Å²) in [6, 6.07) is 7.87. The van der Waals surface area contributed by atoms with E-state index in [4.69, 9.17) is 10.5 Å². The second-order valence-corrected chi connectivity index (χ2v) is 5.97. The number of rotatable bonds is 6. The van der Waals surface area contributed by atoms with Crippen LogP contribution in [-0.4, -0.2) is 6.61 Å². The van der Waals surface area contributed by atoms with Gasteiger partial charge in [0, 0.05) is 9.35 Å². The Morgan fingerprint density at radius 3 is 2.89 bits per heavy atom. The van der Waals surface area contributed by atoms with Crippen LogP contribution in [0.4, 0.5) is 11.4 Å². The van der Waals surface area contributed by atoms with Gasteiger partial charge in [0.15, 0.2) is 0 Å². The molecule has 102 valence electrons. The monoisotopic (exact) mass is 340 g/mol. The molecular formula is C14H17BrN2OS. The first kappa shape index (κ1) is 14.2. The van der Waals surface area contributed by atoms with Crippen molar-refractivity contribution in [2.24, 2.45) is 0 Å². The van der Waals surface area contributed by atoms with Crippen LogP contribution in [0.3, 0.4) is 0 Å². The molecule has 0 aliphatic heterocycles. The SMILES string of the molecule is CCCOc1cccc(NCc2sccc2Br)c1N. The van der Waals surface area contributed by atoms with Gasteiger partial charge in [0.1, 0.15) is 5.75 Å². The zero-order chi connectivity index (χ0) is 13.7. The molecule has 3 nitrogen and oxygen atoms in total. The molecule has 1 aromatic heterocycles. The van der Waals surface area contributed by atoms with Gasteiger partial charge in [-0.3, -0.25) is 0 Å². The highest BCUT2D eigenvalue weighted by Crippen LogP contribution is 2.31. The third-order valence-electron chi connectivity index (χ3n) is 2.66. The lowest BCUT2D eigenvalue weighted by Crippen LogP contribution is -2.04. The van der Waals surface area contributed by atoms with Gasteiger partial charge in [-0.15, -0.1) is 11.3 Å². The first-order chi connectivity index (χ1) is 9.22. The molecular weight excluding hydrogens is 324 g/mol. The third kappa shape index (κ3) is 3.64. The van der Waals surface area contributed by atoms with Gasteiger partial charge in [0.05, 0.1) is 24.5 Å². The molecule has 2 rings (SSSR count). The van der Waals surface area contributed by atoms with Crippen molar-refractivity contribution in [1.82, 2.24) is 0 Å². The van der Waals surface area contributed by atoms with E-state index in [0.29, 0.717) is 12.3 Å².